The van der Waals surface area contributed by atoms with Crippen LogP contribution in [0.15, 0.2) is 18.2 Å². The summed E-state index contributed by atoms with van der Waals surface area (Å²) < 4.78 is 0. The highest BCUT2D eigenvalue weighted by molar-refractivity contribution is 5.87. The van der Waals surface area contributed by atoms with Gasteiger partial charge >= 0.3 is 0 Å². The maximum Gasteiger partial charge on any atom is 0.139 e. The standard InChI is InChI=1S/C14H20O/c1-6-12-8-7-10(2)13(9-12)14(4,5)11(3)15/h7-9H,6H2,1-5H3. The summed E-state index contributed by atoms with van der Waals surface area (Å²) in [7, 11) is 0. The first-order valence-corrected chi connectivity index (χ1v) is 5.50. The van der Waals surface area contributed by atoms with Gasteiger partial charge in [-0.3, -0.25) is 4.79 Å². The van der Waals surface area contributed by atoms with E-state index in [2.05, 4.69) is 32.0 Å². The predicted octanol–water partition coefficient (Wildman–Crippen LogP) is 3.42. The second-order valence-corrected chi connectivity index (χ2v) is 4.68. The normalized spacial score (nSPS) is 11.5. The van der Waals surface area contributed by atoms with Crippen LogP contribution >= 0.6 is 0 Å². The number of benzene rings is 1. The van der Waals surface area contributed by atoms with E-state index in [0.717, 1.165) is 12.0 Å². The van der Waals surface area contributed by atoms with Crippen LogP contribution in [0.2, 0.25) is 0 Å². The SMILES string of the molecule is CCc1ccc(C)c(C(C)(C)C(C)=O)c1. The first-order chi connectivity index (χ1) is 6.89. The van der Waals surface area contributed by atoms with Crippen molar-refractivity contribution in [1.82, 2.24) is 0 Å². The molecule has 0 unspecified atom stereocenters. The lowest BCUT2D eigenvalue weighted by atomic mass is 9.78. The molecule has 1 aromatic rings. The zero-order chi connectivity index (χ0) is 11.6. The van der Waals surface area contributed by atoms with Crippen molar-refractivity contribution in [2.24, 2.45) is 0 Å². The van der Waals surface area contributed by atoms with Gasteiger partial charge in [-0.25, -0.2) is 0 Å². The molecule has 0 aliphatic carbocycles. The number of ketones is 1. The number of carbonyl (C=O) groups is 1. The summed E-state index contributed by atoms with van der Waals surface area (Å²) in [5.74, 6) is 0.221. The van der Waals surface area contributed by atoms with Crippen LogP contribution in [-0.4, -0.2) is 5.78 Å². The smallest absolute Gasteiger partial charge is 0.139 e. The highest BCUT2D eigenvalue weighted by Crippen LogP contribution is 2.28. The Balaban J connectivity index is 3.29. The minimum absolute atomic E-state index is 0.221. The first-order valence-electron chi connectivity index (χ1n) is 5.50. The largest absolute Gasteiger partial charge is 0.299 e. The Morgan fingerprint density at radius 2 is 1.93 bits per heavy atom. The maximum atomic E-state index is 11.6. The van der Waals surface area contributed by atoms with Crippen LogP contribution in [0.1, 0.15) is 44.4 Å². The number of Topliss-reactive ketones (excluding diaryl/α,β-unsaturated/α-hetero) is 1. The number of hydrogen-bond acceptors (Lipinski definition) is 1. The van der Waals surface area contributed by atoms with E-state index in [0.29, 0.717) is 0 Å². The Kier molecular flexibility index (Phi) is 3.33. The fraction of sp³-hybridized carbons (Fsp3) is 0.500. The zero-order valence-corrected chi connectivity index (χ0v) is 10.3. The van der Waals surface area contributed by atoms with E-state index >= 15 is 0 Å². The minimum atomic E-state index is -0.366. The molecule has 0 radical (unpaired) electrons. The van der Waals surface area contributed by atoms with Crippen LogP contribution in [0.5, 0.6) is 0 Å². The lowest BCUT2D eigenvalue weighted by molar-refractivity contribution is -0.121. The number of carbonyl (C=O) groups excluding carboxylic acids is 1. The van der Waals surface area contributed by atoms with Gasteiger partial charge in [0.05, 0.1) is 0 Å². The molecule has 1 rings (SSSR count). The molecule has 0 bridgehead atoms. The summed E-state index contributed by atoms with van der Waals surface area (Å²) in [6, 6.07) is 6.41. The maximum absolute atomic E-state index is 11.6. The molecule has 0 aromatic heterocycles. The van der Waals surface area contributed by atoms with E-state index < -0.39 is 0 Å². The Hall–Kier alpha value is -1.11. The van der Waals surface area contributed by atoms with Gasteiger partial charge in [0.1, 0.15) is 5.78 Å². The van der Waals surface area contributed by atoms with E-state index in [9.17, 15) is 4.79 Å². The van der Waals surface area contributed by atoms with Gasteiger partial charge in [0, 0.05) is 5.41 Å². The molecule has 15 heavy (non-hydrogen) atoms. The van der Waals surface area contributed by atoms with Crippen LogP contribution in [0.3, 0.4) is 0 Å². The molecule has 0 aliphatic heterocycles. The molecule has 0 heterocycles. The van der Waals surface area contributed by atoms with Crippen LogP contribution in [0.4, 0.5) is 0 Å². The van der Waals surface area contributed by atoms with E-state index in [-0.39, 0.29) is 11.2 Å². The summed E-state index contributed by atoms with van der Waals surface area (Å²) in [6.45, 7) is 9.86. The van der Waals surface area contributed by atoms with Crippen molar-refractivity contribution in [2.75, 3.05) is 0 Å². The van der Waals surface area contributed by atoms with Crippen LogP contribution in [0.25, 0.3) is 0 Å². The third kappa shape index (κ3) is 2.28. The van der Waals surface area contributed by atoms with Gasteiger partial charge in [-0.1, -0.05) is 25.1 Å². The summed E-state index contributed by atoms with van der Waals surface area (Å²) >= 11 is 0. The first kappa shape index (κ1) is 12.0. The second-order valence-electron chi connectivity index (χ2n) is 4.68. The van der Waals surface area contributed by atoms with Gasteiger partial charge < -0.3 is 0 Å². The Morgan fingerprint density at radius 1 is 1.33 bits per heavy atom. The fourth-order valence-corrected chi connectivity index (χ4v) is 1.75. The summed E-state index contributed by atoms with van der Waals surface area (Å²) in [6.07, 6.45) is 1.02. The summed E-state index contributed by atoms with van der Waals surface area (Å²) in [4.78, 5) is 11.6. The van der Waals surface area contributed by atoms with Crippen molar-refractivity contribution >= 4 is 5.78 Å². The van der Waals surface area contributed by atoms with Crippen molar-refractivity contribution in [2.45, 2.75) is 46.5 Å². The Morgan fingerprint density at radius 3 is 2.40 bits per heavy atom. The molecule has 0 amide bonds. The van der Waals surface area contributed by atoms with E-state index in [1.54, 1.807) is 6.92 Å². The molecule has 0 saturated heterocycles. The molecule has 0 atom stereocenters. The lowest BCUT2D eigenvalue weighted by Gasteiger charge is -2.24. The minimum Gasteiger partial charge on any atom is -0.299 e. The average molecular weight is 204 g/mol. The molecule has 1 heteroatoms. The molecule has 0 N–H and O–H groups in total. The lowest BCUT2D eigenvalue weighted by Crippen LogP contribution is -2.27. The van der Waals surface area contributed by atoms with Crippen molar-refractivity contribution in [3.8, 4) is 0 Å². The molecule has 82 valence electrons. The topological polar surface area (TPSA) is 17.1 Å². The molecule has 1 nitrogen and oxygen atoms in total. The van der Waals surface area contributed by atoms with E-state index in [4.69, 9.17) is 0 Å². The molecule has 0 saturated carbocycles. The van der Waals surface area contributed by atoms with Gasteiger partial charge in [-0.05, 0) is 50.8 Å². The molecule has 0 aliphatic rings. The van der Waals surface area contributed by atoms with Gasteiger partial charge in [0.25, 0.3) is 0 Å². The van der Waals surface area contributed by atoms with Gasteiger partial charge in [-0.2, -0.15) is 0 Å². The zero-order valence-electron chi connectivity index (χ0n) is 10.3. The third-order valence-corrected chi connectivity index (χ3v) is 3.26. The van der Waals surface area contributed by atoms with Crippen molar-refractivity contribution in [3.05, 3.63) is 34.9 Å². The Bertz CT molecular complexity index is 375. The molecule has 1 aromatic carbocycles. The predicted molar refractivity (Wildman–Crippen MR) is 64.3 cm³/mol. The molecular formula is C14H20O. The highest BCUT2D eigenvalue weighted by atomic mass is 16.1. The monoisotopic (exact) mass is 204 g/mol. The average Bonchev–Trinajstić information content (AvgIpc) is 2.18. The summed E-state index contributed by atoms with van der Waals surface area (Å²) in [5.41, 5.74) is 3.29. The van der Waals surface area contributed by atoms with Crippen LogP contribution in [-0.2, 0) is 16.6 Å². The molecule has 0 spiro atoms. The molecular weight excluding hydrogens is 184 g/mol. The highest BCUT2D eigenvalue weighted by Gasteiger charge is 2.27. The Labute approximate surface area is 92.5 Å². The number of hydrogen-bond donors (Lipinski definition) is 0. The van der Waals surface area contributed by atoms with Gasteiger partial charge in [0.15, 0.2) is 0 Å². The quantitative estimate of drug-likeness (QED) is 0.737. The van der Waals surface area contributed by atoms with E-state index in [1.807, 2.05) is 13.8 Å². The van der Waals surface area contributed by atoms with Gasteiger partial charge in [-0.15, -0.1) is 0 Å². The van der Waals surface area contributed by atoms with E-state index in [1.165, 1.54) is 11.1 Å². The van der Waals surface area contributed by atoms with Gasteiger partial charge in [0.2, 0.25) is 0 Å². The van der Waals surface area contributed by atoms with Crippen LogP contribution in [0, 0.1) is 6.92 Å². The third-order valence-electron chi connectivity index (χ3n) is 3.26. The fourth-order valence-electron chi connectivity index (χ4n) is 1.75. The second kappa shape index (κ2) is 4.18. The van der Waals surface area contributed by atoms with Crippen LogP contribution < -0.4 is 0 Å². The van der Waals surface area contributed by atoms with Crippen molar-refractivity contribution < 1.29 is 4.79 Å². The molecule has 0 fully saturated rings. The summed E-state index contributed by atoms with van der Waals surface area (Å²) in [5, 5.41) is 0. The van der Waals surface area contributed by atoms with Crippen molar-refractivity contribution in [1.29, 1.82) is 0 Å². The number of aryl methyl sites for hydroxylation is 2. The van der Waals surface area contributed by atoms with Crippen molar-refractivity contribution in [3.63, 3.8) is 0 Å². The number of rotatable bonds is 3.